The average molecular weight is 264 g/mol. The van der Waals surface area contributed by atoms with E-state index in [1.807, 2.05) is 0 Å². The molecule has 0 aliphatic carbocycles. The van der Waals surface area contributed by atoms with Crippen molar-refractivity contribution >= 4 is 22.9 Å². The van der Waals surface area contributed by atoms with Gasteiger partial charge in [0.25, 0.3) is 0 Å². The number of ether oxygens (including phenoxy) is 1. The Balaban J connectivity index is 1.93. The number of rotatable bonds is 8. The topological polar surface area (TPSA) is 87.8 Å². The van der Waals surface area contributed by atoms with Crippen LogP contribution in [-0.2, 0) is 4.74 Å². The van der Waals surface area contributed by atoms with Crippen LogP contribution in [0.5, 0.6) is 0 Å². The van der Waals surface area contributed by atoms with Crippen molar-refractivity contribution in [3.63, 3.8) is 0 Å². The van der Waals surface area contributed by atoms with E-state index in [1.54, 1.807) is 13.4 Å². The van der Waals surface area contributed by atoms with Crippen molar-refractivity contribution in [1.29, 1.82) is 0 Å². The molecule has 0 saturated heterocycles. The minimum atomic E-state index is 0.560. The highest BCUT2D eigenvalue weighted by molar-refractivity contribution is 5.83. The molecule has 19 heavy (non-hydrogen) atoms. The first-order valence-electron chi connectivity index (χ1n) is 6.55. The second kappa shape index (κ2) is 6.89. The number of nitrogens with zero attached hydrogens (tertiary/aromatic N) is 3. The van der Waals surface area contributed by atoms with Crippen molar-refractivity contribution in [2.75, 3.05) is 37.4 Å². The molecule has 0 saturated carbocycles. The summed E-state index contributed by atoms with van der Waals surface area (Å²) in [6.07, 6.45) is 3.61. The first-order valence-corrected chi connectivity index (χ1v) is 6.55. The molecular formula is C12H20N6O. The summed E-state index contributed by atoms with van der Waals surface area (Å²) >= 11 is 0. The normalized spacial score (nSPS) is 10.8. The standard InChI is InChI=1S/C12H20N6O/c1-3-6-19-7-4-5-14-10-9-11(16-8-15-9)18-12(13-2)17-10/h8H,3-7H2,1-2H3,(H3,13,14,15,16,17,18). The maximum Gasteiger partial charge on any atom is 0.226 e. The van der Waals surface area contributed by atoms with E-state index in [9.17, 15) is 0 Å². The van der Waals surface area contributed by atoms with E-state index >= 15 is 0 Å². The number of nitrogens with one attached hydrogen (secondary N) is 3. The van der Waals surface area contributed by atoms with E-state index in [-0.39, 0.29) is 0 Å². The van der Waals surface area contributed by atoms with Crippen LogP contribution in [0.2, 0.25) is 0 Å². The molecule has 2 rings (SSSR count). The van der Waals surface area contributed by atoms with Crippen LogP contribution >= 0.6 is 0 Å². The number of aromatic nitrogens is 4. The molecule has 0 atom stereocenters. The lowest BCUT2D eigenvalue weighted by atomic mass is 10.4. The van der Waals surface area contributed by atoms with Crippen LogP contribution in [0, 0.1) is 0 Å². The third-order valence-corrected chi connectivity index (χ3v) is 2.62. The van der Waals surface area contributed by atoms with Gasteiger partial charge in [0.05, 0.1) is 6.33 Å². The predicted octanol–water partition coefficient (Wildman–Crippen LogP) is 1.62. The van der Waals surface area contributed by atoms with Gasteiger partial charge in [-0.1, -0.05) is 6.92 Å². The van der Waals surface area contributed by atoms with Crippen LogP contribution < -0.4 is 10.6 Å². The second-order valence-electron chi connectivity index (χ2n) is 4.14. The van der Waals surface area contributed by atoms with Gasteiger partial charge < -0.3 is 20.4 Å². The number of imidazole rings is 1. The Kier molecular flexibility index (Phi) is 4.91. The third-order valence-electron chi connectivity index (χ3n) is 2.62. The van der Waals surface area contributed by atoms with Gasteiger partial charge in [-0.15, -0.1) is 0 Å². The fourth-order valence-electron chi connectivity index (χ4n) is 1.70. The average Bonchev–Trinajstić information content (AvgIpc) is 2.90. The van der Waals surface area contributed by atoms with Crippen molar-refractivity contribution in [3.8, 4) is 0 Å². The minimum Gasteiger partial charge on any atom is -0.381 e. The number of H-pyrrole nitrogens is 1. The van der Waals surface area contributed by atoms with Crippen molar-refractivity contribution in [2.24, 2.45) is 0 Å². The lowest BCUT2D eigenvalue weighted by molar-refractivity contribution is 0.134. The summed E-state index contributed by atoms with van der Waals surface area (Å²) in [7, 11) is 1.79. The number of hydrogen-bond acceptors (Lipinski definition) is 6. The molecule has 2 aromatic rings. The van der Waals surface area contributed by atoms with Gasteiger partial charge in [-0.3, -0.25) is 0 Å². The molecule has 2 aromatic heterocycles. The molecule has 0 unspecified atom stereocenters. The van der Waals surface area contributed by atoms with Crippen molar-refractivity contribution in [1.82, 2.24) is 19.9 Å². The predicted molar refractivity (Wildman–Crippen MR) is 75.4 cm³/mol. The number of fused-ring (bicyclic) bond motifs is 1. The zero-order valence-corrected chi connectivity index (χ0v) is 11.4. The molecule has 104 valence electrons. The first-order chi connectivity index (χ1) is 9.35. The van der Waals surface area contributed by atoms with Crippen LogP contribution in [0.25, 0.3) is 11.2 Å². The molecule has 7 heteroatoms. The summed E-state index contributed by atoms with van der Waals surface area (Å²) in [6, 6.07) is 0. The summed E-state index contributed by atoms with van der Waals surface area (Å²) in [6.45, 7) is 4.49. The molecule has 0 spiro atoms. The van der Waals surface area contributed by atoms with E-state index in [0.717, 1.165) is 43.9 Å². The van der Waals surface area contributed by atoms with E-state index in [0.29, 0.717) is 11.6 Å². The van der Waals surface area contributed by atoms with Gasteiger partial charge in [-0.05, 0) is 12.8 Å². The van der Waals surface area contributed by atoms with Gasteiger partial charge in [0, 0.05) is 26.8 Å². The second-order valence-corrected chi connectivity index (χ2v) is 4.14. The summed E-state index contributed by atoms with van der Waals surface area (Å²) in [4.78, 5) is 15.8. The van der Waals surface area contributed by atoms with Crippen LogP contribution in [0.4, 0.5) is 11.8 Å². The maximum absolute atomic E-state index is 5.43. The zero-order chi connectivity index (χ0) is 13.5. The van der Waals surface area contributed by atoms with E-state index in [1.165, 1.54) is 0 Å². The number of hydrogen-bond donors (Lipinski definition) is 3. The summed E-state index contributed by atoms with van der Waals surface area (Å²) in [5, 5.41) is 6.21. The van der Waals surface area contributed by atoms with Gasteiger partial charge in [-0.2, -0.15) is 9.97 Å². The highest BCUT2D eigenvalue weighted by atomic mass is 16.5. The van der Waals surface area contributed by atoms with Crippen LogP contribution in [0.15, 0.2) is 6.33 Å². The largest absolute Gasteiger partial charge is 0.381 e. The monoisotopic (exact) mass is 264 g/mol. The molecule has 3 N–H and O–H groups in total. The molecule has 0 amide bonds. The molecule has 0 radical (unpaired) electrons. The highest BCUT2D eigenvalue weighted by Gasteiger charge is 2.08. The summed E-state index contributed by atoms with van der Waals surface area (Å²) in [5.74, 6) is 1.33. The van der Waals surface area contributed by atoms with Crippen molar-refractivity contribution in [3.05, 3.63) is 6.33 Å². The smallest absolute Gasteiger partial charge is 0.226 e. The lowest BCUT2D eigenvalue weighted by Crippen LogP contribution is -2.09. The van der Waals surface area contributed by atoms with Crippen molar-refractivity contribution in [2.45, 2.75) is 19.8 Å². The Morgan fingerprint density at radius 3 is 3.00 bits per heavy atom. The molecule has 7 nitrogen and oxygen atoms in total. The van der Waals surface area contributed by atoms with Crippen LogP contribution in [-0.4, -0.2) is 46.7 Å². The van der Waals surface area contributed by atoms with Gasteiger partial charge in [-0.25, -0.2) is 4.98 Å². The van der Waals surface area contributed by atoms with E-state index in [2.05, 4.69) is 37.5 Å². The molecule has 0 aliphatic rings. The van der Waals surface area contributed by atoms with Crippen LogP contribution in [0.3, 0.4) is 0 Å². The molecular weight excluding hydrogens is 244 g/mol. The van der Waals surface area contributed by atoms with E-state index in [4.69, 9.17) is 4.74 Å². The third kappa shape index (κ3) is 3.54. The molecule has 2 heterocycles. The molecule has 0 bridgehead atoms. The zero-order valence-electron chi connectivity index (χ0n) is 11.4. The Labute approximate surface area is 112 Å². The Morgan fingerprint density at radius 1 is 1.32 bits per heavy atom. The van der Waals surface area contributed by atoms with Gasteiger partial charge in [0.15, 0.2) is 11.5 Å². The highest BCUT2D eigenvalue weighted by Crippen LogP contribution is 2.18. The van der Waals surface area contributed by atoms with Crippen molar-refractivity contribution < 1.29 is 4.74 Å². The maximum atomic E-state index is 5.43. The summed E-state index contributed by atoms with van der Waals surface area (Å²) in [5.41, 5.74) is 1.48. The number of aromatic amines is 1. The molecule has 0 aliphatic heterocycles. The fourth-order valence-corrected chi connectivity index (χ4v) is 1.70. The SMILES string of the molecule is CCCOCCCNc1nc(NC)nc2nc[nH]c12. The molecule has 0 aromatic carbocycles. The van der Waals surface area contributed by atoms with Crippen LogP contribution in [0.1, 0.15) is 19.8 Å². The minimum absolute atomic E-state index is 0.560. The fraction of sp³-hybridized carbons (Fsp3) is 0.583. The Morgan fingerprint density at radius 2 is 2.21 bits per heavy atom. The first kappa shape index (κ1) is 13.5. The van der Waals surface area contributed by atoms with Gasteiger partial charge >= 0.3 is 0 Å². The van der Waals surface area contributed by atoms with Gasteiger partial charge in [0.2, 0.25) is 5.95 Å². The molecule has 0 fully saturated rings. The lowest BCUT2D eigenvalue weighted by Gasteiger charge is -2.08. The number of anilines is 2. The quantitative estimate of drug-likeness (QED) is 0.628. The Bertz CT molecular complexity index is 512. The van der Waals surface area contributed by atoms with E-state index < -0.39 is 0 Å². The van der Waals surface area contributed by atoms with Gasteiger partial charge in [0.1, 0.15) is 5.52 Å². The summed E-state index contributed by atoms with van der Waals surface area (Å²) < 4.78 is 5.43. The Hall–Kier alpha value is -1.89.